The van der Waals surface area contributed by atoms with Gasteiger partial charge in [0.1, 0.15) is 12.1 Å². The molecule has 0 aliphatic heterocycles. The summed E-state index contributed by atoms with van der Waals surface area (Å²) in [6.07, 6.45) is 1.58. The standard InChI is InChI=1S/C16H13Br2N3/c1-10(11-5-3-2-4-6-11)21-16-13-7-12(17)8-14(18)15(13)19-9-20-16/h2-10H,1H3,(H,19,20,21). The number of aromatic nitrogens is 2. The van der Waals surface area contributed by atoms with E-state index in [1.54, 1.807) is 6.33 Å². The predicted octanol–water partition coefficient (Wildman–Crippen LogP) is 5.33. The van der Waals surface area contributed by atoms with E-state index >= 15 is 0 Å². The number of nitrogens with zero attached hydrogens (tertiary/aromatic N) is 2. The lowest BCUT2D eigenvalue weighted by molar-refractivity contribution is 0.876. The van der Waals surface area contributed by atoms with Gasteiger partial charge in [-0.25, -0.2) is 9.97 Å². The monoisotopic (exact) mass is 405 g/mol. The Labute approximate surface area is 140 Å². The van der Waals surface area contributed by atoms with Crippen molar-refractivity contribution in [3.63, 3.8) is 0 Å². The van der Waals surface area contributed by atoms with Crippen LogP contribution in [0.2, 0.25) is 0 Å². The van der Waals surface area contributed by atoms with Crippen molar-refractivity contribution in [2.75, 3.05) is 5.32 Å². The summed E-state index contributed by atoms with van der Waals surface area (Å²) in [5.74, 6) is 0.832. The smallest absolute Gasteiger partial charge is 0.137 e. The number of anilines is 1. The summed E-state index contributed by atoms with van der Waals surface area (Å²) in [6.45, 7) is 2.12. The molecule has 5 heteroatoms. The third-order valence-corrected chi connectivity index (χ3v) is 4.37. The Kier molecular flexibility index (Phi) is 4.22. The molecular formula is C16H13Br2N3. The summed E-state index contributed by atoms with van der Waals surface area (Å²) in [4.78, 5) is 8.73. The lowest BCUT2D eigenvalue weighted by Gasteiger charge is -2.16. The molecule has 0 aliphatic carbocycles. The van der Waals surface area contributed by atoms with Crippen molar-refractivity contribution in [2.24, 2.45) is 0 Å². The van der Waals surface area contributed by atoms with Crippen molar-refractivity contribution in [2.45, 2.75) is 13.0 Å². The van der Waals surface area contributed by atoms with Gasteiger partial charge in [0.15, 0.2) is 0 Å². The van der Waals surface area contributed by atoms with E-state index in [0.717, 1.165) is 25.7 Å². The van der Waals surface area contributed by atoms with Crippen LogP contribution in [0.4, 0.5) is 5.82 Å². The van der Waals surface area contributed by atoms with Crippen molar-refractivity contribution in [1.82, 2.24) is 9.97 Å². The largest absolute Gasteiger partial charge is 0.363 e. The minimum atomic E-state index is 0.169. The fraction of sp³-hybridized carbons (Fsp3) is 0.125. The molecule has 1 aromatic heterocycles. The van der Waals surface area contributed by atoms with Crippen LogP contribution in [0.3, 0.4) is 0 Å². The van der Waals surface area contributed by atoms with E-state index in [2.05, 4.69) is 66.2 Å². The first-order valence-corrected chi connectivity index (χ1v) is 8.15. The van der Waals surface area contributed by atoms with Crippen molar-refractivity contribution in [1.29, 1.82) is 0 Å². The number of halogens is 2. The molecule has 1 atom stereocenters. The van der Waals surface area contributed by atoms with E-state index in [1.807, 2.05) is 30.3 Å². The molecule has 0 amide bonds. The summed E-state index contributed by atoms with van der Waals surface area (Å²) < 4.78 is 1.94. The first kappa shape index (κ1) is 14.5. The van der Waals surface area contributed by atoms with Gasteiger partial charge >= 0.3 is 0 Å². The molecular weight excluding hydrogens is 394 g/mol. The molecule has 1 unspecified atom stereocenters. The number of benzene rings is 2. The molecule has 1 N–H and O–H groups in total. The fourth-order valence-electron chi connectivity index (χ4n) is 2.24. The highest BCUT2D eigenvalue weighted by Gasteiger charge is 2.11. The first-order valence-electron chi connectivity index (χ1n) is 6.56. The molecule has 0 radical (unpaired) electrons. The van der Waals surface area contributed by atoms with Crippen LogP contribution in [-0.2, 0) is 0 Å². The minimum Gasteiger partial charge on any atom is -0.363 e. The van der Waals surface area contributed by atoms with Gasteiger partial charge in [0.05, 0.1) is 5.52 Å². The highest BCUT2D eigenvalue weighted by Crippen LogP contribution is 2.31. The molecule has 2 aromatic carbocycles. The SMILES string of the molecule is CC(Nc1ncnc2c(Br)cc(Br)cc12)c1ccccc1. The van der Waals surface area contributed by atoms with Crippen LogP contribution in [0.15, 0.2) is 57.7 Å². The van der Waals surface area contributed by atoms with Crippen LogP contribution >= 0.6 is 31.9 Å². The van der Waals surface area contributed by atoms with Crippen LogP contribution in [-0.4, -0.2) is 9.97 Å². The van der Waals surface area contributed by atoms with Gasteiger partial charge in [-0.1, -0.05) is 46.3 Å². The van der Waals surface area contributed by atoms with E-state index in [0.29, 0.717) is 0 Å². The molecule has 0 bridgehead atoms. The molecule has 0 spiro atoms. The van der Waals surface area contributed by atoms with Gasteiger partial charge in [-0.2, -0.15) is 0 Å². The highest BCUT2D eigenvalue weighted by molar-refractivity contribution is 9.11. The molecule has 21 heavy (non-hydrogen) atoms. The fourth-order valence-corrected chi connectivity index (χ4v) is 3.56. The topological polar surface area (TPSA) is 37.8 Å². The Morgan fingerprint density at radius 3 is 2.57 bits per heavy atom. The quantitative estimate of drug-likeness (QED) is 0.638. The van der Waals surface area contributed by atoms with E-state index in [-0.39, 0.29) is 6.04 Å². The molecule has 3 nitrogen and oxygen atoms in total. The maximum atomic E-state index is 4.39. The highest BCUT2D eigenvalue weighted by atomic mass is 79.9. The van der Waals surface area contributed by atoms with Gasteiger partial charge in [0.2, 0.25) is 0 Å². The number of rotatable bonds is 3. The summed E-state index contributed by atoms with van der Waals surface area (Å²) in [5, 5.41) is 4.45. The van der Waals surface area contributed by atoms with E-state index < -0.39 is 0 Å². The predicted molar refractivity (Wildman–Crippen MR) is 93.4 cm³/mol. The summed E-state index contributed by atoms with van der Waals surface area (Å²) >= 11 is 7.06. The molecule has 3 rings (SSSR count). The number of hydrogen-bond acceptors (Lipinski definition) is 3. The maximum absolute atomic E-state index is 4.39. The van der Waals surface area contributed by atoms with Crippen LogP contribution in [0.5, 0.6) is 0 Å². The van der Waals surface area contributed by atoms with E-state index in [1.165, 1.54) is 5.56 Å². The Balaban J connectivity index is 2.01. The first-order chi connectivity index (χ1) is 10.1. The zero-order valence-electron chi connectivity index (χ0n) is 11.3. The minimum absolute atomic E-state index is 0.169. The molecule has 0 saturated carbocycles. The van der Waals surface area contributed by atoms with Crippen molar-refractivity contribution in [3.05, 3.63) is 63.3 Å². The van der Waals surface area contributed by atoms with Gasteiger partial charge in [0.25, 0.3) is 0 Å². The van der Waals surface area contributed by atoms with Gasteiger partial charge in [-0.15, -0.1) is 0 Å². The molecule has 1 heterocycles. The third-order valence-electron chi connectivity index (χ3n) is 3.31. The number of hydrogen-bond donors (Lipinski definition) is 1. The van der Waals surface area contributed by atoms with Gasteiger partial charge < -0.3 is 5.32 Å². The van der Waals surface area contributed by atoms with Crippen LogP contribution in [0.25, 0.3) is 10.9 Å². The normalized spacial score (nSPS) is 12.3. The summed E-state index contributed by atoms with van der Waals surface area (Å²) in [6, 6.07) is 14.5. The summed E-state index contributed by atoms with van der Waals surface area (Å²) in [7, 11) is 0. The maximum Gasteiger partial charge on any atom is 0.137 e. The molecule has 0 aliphatic rings. The summed E-state index contributed by atoms with van der Waals surface area (Å²) in [5.41, 5.74) is 2.12. The van der Waals surface area contributed by atoms with Crippen LogP contribution < -0.4 is 5.32 Å². The number of nitrogens with one attached hydrogen (secondary N) is 1. The second kappa shape index (κ2) is 6.12. The van der Waals surface area contributed by atoms with Crippen molar-refractivity contribution in [3.8, 4) is 0 Å². The average molecular weight is 407 g/mol. The Hall–Kier alpha value is -1.46. The van der Waals surface area contributed by atoms with Crippen molar-refractivity contribution >= 4 is 48.6 Å². The average Bonchev–Trinajstić information content (AvgIpc) is 2.49. The van der Waals surface area contributed by atoms with Gasteiger partial charge in [0, 0.05) is 20.4 Å². The Bertz CT molecular complexity index is 775. The number of fused-ring (bicyclic) bond motifs is 1. The van der Waals surface area contributed by atoms with Gasteiger partial charge in [-0.3, -0.25) is 0 Å². The molecule has 3 aromatic rings. The van der Waals surface area contributed by atoms with Gasteiger partial charge in [-0.05, 0) is 40.5 Å². The molecule has 0 fully saturated rings. The lowest BCUT2D eigenvalue weighted by Crippen LogP contribution is -2.08. The van der Waals surface area contributed by atoms with Crippen LogP contribution in [0, 0.1) is 0 Å². The second-order valence-corrected chi connectivity index (χ2v) is 6.55. The zero-order valence-corrected chi connectivity index (χ0v) is 14.5. The van der Waals surface area contributed by atoms with E-state index in [9.17, 15) is 0 Å². The molecule has 0 saturated heterocycles. The van der Waals surface area contributed by atoms with Crippen molar-refractivity contribution < 1.29 is 0 Å². The Morgan fingerprint density at radius 2 is 1.81 bits per heavy atom. The Morgan fingerprint density at radius 1 is 1.05 bits per heavy atom. The van der Waals surface area contributed by atoms with E-state index in [4.69, 9.17) is 0 Å². The third kappa shape index (κ3) is 3.09. The molecule has 106 valence electrons. The lowest BCUT2D eigenvalue weighted by atomic mass is 10.1. The zero-order chi connectivity index (χ0) is 14.8. The second-order valence-electron chi connectivity index (χ2n) is 4.78. The van der Waals surface area contributed by atoms with Crippen LogP contribution in [0.1, 0.15) is 18.5 Å².